The number of rotatable bonds is 5. The Balaban J connectivity index is 1.51. The van der Waals surface area contributed by atoms with E-state index in [1.54, 1.807) is 6.92 Å². The van der Waals surface area contributed by atoms with Crippen LogP contribution in [0.1, 0.15) is 38.2 Å². The van der Waals surface area contributed by atoms with Crippen LogP contribution in [-0.2, 0) is 4.79 Å². The first-order valence-corrected chi connectivity index (χ1v) is 9.88. The third-order valence-electron chi connectivity index (χ3n) is 5.57. The second-order valence-corrected chi connectivity index (χ2v) is 7.80. The van der Waals surface area contributed by atoms with Gasteiger partial charge >= 0.3 is 0 Å². The average molecular weight is 363 g/mol. The fraction of sp³-hybridized carbons (Fsp3) is 0.375. The molecule has 0 fully saturated rings. The minimum Gasteiger partial charge on any atom is -0.399 e. The van der Waals surface area contributed by atoms with E-state index in [1.165, 1.54) is 18.4 Å². The summed E-state index contributed by atoms with van der Waals surface area (Å²) in [6.45, 7) is 5.44. The van der Waals surface area contributed by atoms with Crippen molar-refractivity contribution in [1.29, 1.82) is 0 Å². The minimum absolute atomic E-state index is 0.0450. The molecule has 2 aliphatic carbocycles. The van der Waals surface area contributed by atoms with Gasteiger partial charge in [0.05, 0.1) is 0 Å². The van der Waals surface area contributed by atoms with Crippen molar-refractivity contribution < 1.29 is 4.79 Å². The lowest BCUT2D eigenvalue weighted by atomic mass is 9.76. The van der Waals surface area contributed by atoms with E-state index in [0.29, 0.717) is 23.3 Å². The van der Waals surface area contributed by atoms with Crippen molar-refractivity contribution in [2.24, 2.45) is 17.8 Å². The van der Waals surface area contributed by atoms with E-state index in [4.69, 9.17) is 5.73 Å². The number of hydrogen-bond donors (Lipinski definition) is 2. The Morgan fingerprint density at radius 3 is 2.26 bits per heavy atom. The van der Waals surface area contributed by atoms with Gasteiger partial charge in [0.1, 0.15) is 0 Å². The lowest BCUT2D eigenvalue weighted by Gasteiger charge is -2.31. The third kappa shape index (κ3) is 5.46. The molecular formula is C24H30N2O. The van der Waals surface area contributed by atoms with Crippen LogP contribution in [0.3, 0.4) is 0 Å². The van der Waals surface area contributed by atoms with Gasteiger partial charge in [-0.15, -0.1) is 0 Å². The Hall–Kier alpha value is -2.55. The number of carbonyl (C=O) groups is 1. The Bertz CT molecular complexity index is 757. The molecule has 0 aromatic heterocycles. The maximum absolute atomic E-state index is 11.7. The first-order chi connectivity index (χ1) is 13.0. The molecule has 3 heteroatoms. The molecule has 142 valence electrons. The molecule has 0 bridgehead atoms. The fourth-order valence-electron chi connectivity index (χ4n) is 3.83. The largest absolute Gasteiger partial charge is 0.399 e. The van der Waals surface area contributed by atoms with Gasteiger partial charge in [-0.05, 0) is 68.1 Å². The van der Waals surface area contributed by atoms with Crippen LogP contribution in [0, 0.1) is 17.8 Å². The SMILES string of the molecule is C=C(C)C(=O)NC1C=CC(C2C=CC(/C=C/c3ccc(N)cc3)CC2)CC1. The normalized spacial score (nSPS) is 27.6. The molecule has 1 amide bonds. The number of amides is 1. The summed E-state index contributed by atoms with van der Waals surface area (Å²) in [6.07, 6.45) is 18.2. The maximum atomic E-state index is 11.7. The molecule has 0 heterocycles. The second kappa shape index (κ2) is 8.90. The minimum atomic E-state index is -0.0450. The Morgan fingerprint density at radius 2 is 1.70 bits per heavy atom. The Labute approximate surface area is 162 Å². The van der Waals surface area contributed by atoms with E-state index >= 15 is 0 Å². The molecule has 4 unspecified atom stereocenters. The molecule has 3 N–H and O–H groups in total. The topological polar surface area (TPSA) is 55.1 Å². The van der Waals surface area contributed by atoms with Crippen LogP contribution in [0.4, 0.5) is 5.69 Å². The smallest absolute Gasteiger partial charge is 0.246 e. The monoisotopic (exact) mass is 362 g/mol. The molecule has 0 saturated heterocycles. The van der Waals surface area contributed by atoms with Crippen LogP contribution >= 0.6 is 0 Å². The van der Waals surface area contributed by atoms with Crippen molar-refractivity contribution in [2.75, 3.05) is 5.73 Å². The fourth-order valence-corrected chi connectivity index (χ4v) is 3.83. The summed E-state index contributed by atoms with van der Waals surface area (Å²) in [5.74, 6) is 1.66. The highest BCUT2D eigenvalue weighted by atomic mass is 16.1. The molecule has 1 aromatic carbocycles. The summed E-state index contributed by atoms with van der Waals surface area (Å²) in [7, 11) is 0. The molecule has 1 aromatic rings. The van der Waals surface area contributed by atoms with Gasteiger partial charge in [0.25, 0.3) is 0 Å². The van der Waals surface area contributed by atoms with E-state index in [1.807, 2.05) is 12.1 Å². The van der Waals surface area contributed by atoms with E-state index in [-0.39, 0.29) is 11.9 Å². The van der Waals surface area contributed by atoms with Gasteiger partial charge in [-0.25, -0.2) is 0 Å². The third-order valence-corrected chi connectivity index (χ3v) is 5.57. The van der Waals surface area contributed by atoms with Gasteiger partial charge in [0, 0.05) is 17.3 Å². The molecule has 27 heavy (non-hydrogen) atoms. The number of nitrogen functional groups attached to an aromatic ring is 1. The first-order valence-electron chi connectivity index (χ1n) is 9.88. The highest BCUT2D eigenvalue weighted by Gasteiger charge is 2.25. The molecule has 0 radical (unpaired) electrons. The van der Waals surface area contributed by atoms with Crippen LogP contribution in [0.25, 0.3) is 6.08 Å². The lowest BCUT2D eigenvalue weighted by molar-refractivity contribution is -0.117. The van der Waals surface area contributed by atoms with Gasteiger partial charge in [0.2, 0.25) is 5.91 Å². The van der Waals surface area contributed by atoms with E-state index in [9.17, 15) is 4.79 Å². The molecule has 0 saturated carbocycles. The number of hydrogen-bond acceptors (Lipinski definition) is 2. The molecule has 4 atom stereocenters. The zero-order valence-electron chi connectivity index (χ0n) is 16.1. The second-order valence-electron chi connectivity index (χ2n) is 7.80. The van der Waals surface area contributed by atoms with Crippen molar-refractivity contribution in [3.63, 3.8) is 0 Å². The molecular weight excluding hydrogens is 332 g/mol. The van der Waals surface area contributed by atoms with Gasteiger partial charge < -0.3 is 11.1 Å². The lowest BCUT2D eigenvalue weighted by Crippen LogP contribution is -2.36. The zero-order valence-corrected chi connectivity index (χ0v) is 16.1. The number of nitrogens with one attached hydrogen (secondary N) is 1. The number of benzene rings is 1. The number of anilines is 1. The summed E-state index contributed by atoms with van der Waals surface area (Å²) in [6, 6.07) is 8.13. The van der Waals surface area contributed by atoms with Gasteiger partial charge in [-0.2, -0.15) is 0 Å². The van der Waals surface area contributed by atoms with Crippen LogP contribution in [0.15, 0.2) is 66.8 Å². The highest BCUT2D eigenvalue weighted by Crippen LogP contribution is 2.34. The predicted octanol–water partition coefficient (Wildman–Crippen LogP) is 4.89. The summed E-state index contributed by atoms with van der Waals surface area (Å²) in [5.41, 5.74) is 8.29. The first kappa shape index (κ1) is 19.2. The van der Waals surface area contributed by atoms with Crippen LogP contribution in [0.2, 0.25) is 0 Å². The van der Waals surface area contributed by atoms with E-state index < -0.39 is 0 Å². The van der Waals surface area contributed by atoms with Gasteiger partial charge in [-0.1, -0.05) is 55.2 Å². The Kier molecular flexibility index (Phi) is 6.33. The summed E-state index contributed by atoms with van der Waals surface area (Å²) in [5, 5.41) is 3.02. The van der Waals surface area contributed by atoms with Crippen LogP contribution < -0.4 is 11.1 Å². The molecule has 0 spiro atoms. The molecule has 0 aliphatic heterocycles. The summed E-state index contributed by atoms with van der Waals surface area (Å²) >= 11 is 0. The molecule has 3 nitrogen and oxygen atoms in total. The van der Waals surface area contributed by atoms with Crippen molar-refractivity contribution in [3.8, 4) is 0 Å². The summed E-state index contributed by atoms with van der Waals surface area (Å²) < 4.78 is 0. The van der Waals surface area contributed by atoms with Gasteiger partial charge in [0.15, 0.2) is 0 Å². The Morgan fingerprint density at radius 1 is 1.04 bits per heavy atom. The zero-order chi connectivity index (χ0) is 19.2. The number of nitrogens with two attached hydrogens (primary N) is 1. The predicted molar refractivity (Wildman–Crippen MR) is 114 cm³/mol. The maximum Gasteiger partial charge on any atom is 0.246 e. The quantitative estimate of drug-likeness (QED) is 0.445. The molecule has 2 aliphatic rings. The molecule has 3 rings (SSSR count). The van der Waals surface area contributed by atoms with Crippen molar-refractivity contribution in [1.82, 2.24) is 5.32 Å². The van der Waals surface area contributed by atoms with Crippen LogP contribution in [-0.4, -0.2) is 11.9 Å². The highest BCUT2D eigenvalue weighted by molar-refractivity contribution is 5.92. The van der Waals surface area contributed by atoms with E-state index in [0.717, 1.165) is 18.5 Å². The summed E-state index contributed by atoms with van der Waals surface area (Å²) in [4.78, 5) is 11.7. The van der Waals surface area contributed by atoms with E-state index in [2.05, 4.69) is 60.5 Å². The van der Waals surface area contributed by atoms with Crippen molar-refractivity contribution >= 4 is 17.7 Å². The standard InChI is InChI=1S/C24H30N2O/c1-17(2)24(27)26-23-15-11-21(12-16-23)20-9-5-18(6-10-20)3-4-19-7-13-22(25)14-8-19/h3-5,7-9,11,13-15,18,20-21,23H,1,6,10,12,16,25H2,2H3,(H,26,27)/b4-3+. The van der Waals surface area contributed by atoms with Crippen molar-refractivity contribution in [3.05, 3.63) is 72.4 Å². The number of carbonyl (C=O) groups excluding carboxylic acids is 1. The van der Waals surface area contributed by atoms with Crippen molar-refractivity contribution in [2.45, 2.75) is 38.6 Å². The average Bonchev–Trinajstić information content (AvgIpc) is 2.68. The van der Waals surface area contributed by atoms with Gasteiger partial charge in [-0.3, -0.25) is 4.79 Å². The van der Waals surface area contributed by atoms with Crippen LogP contribution in [0.5, 0.6) is 0 Å². The number of allylic oxidation sites excluding steroid dienone is 4.